The van der Waals surface area contributed by atoms with Crippen molar-refractivity contribution in [3.63, 3.8) is 0 Å². The van der Waals surface area contributed by atoms with E-state index in [0.29, 0.717) is 12.0 Å². The lowest BCUT2D eigenvalue weighted by atomic mass is 9.91. The molecule has 0 spiro atoms. The fourth-order valence-electron chi connectivity index (χ4n) is 3.59. The van der Waals surface area contributed by atoms with Gasteiger partial charge in [0.1, 0.15) is 5.75 Å². The van der Waals surface area contributed by atoms with Gasteiger partial charge in [-0.05, 0) is 49.9 Å². The summed E-state index contributed by atoms with van der Waals surface area (Å²) >= 11 is 0. The van der Waals surface area contributed by atoms with E-state index in [1.807, 2.05) is 0 Å². The first-order valence-corrected chi connectivity index (χ1v) is 7.75. The van der Waals surface area contributed by atoms with Crippen LogP contribution < -0.4 is 10.1 Å². The van der Waals surface area contributed by atoms with E-state index in [9.17, 15) is 13.2 Å². The van der Waals surface area contributed by atoms with Crippen molar-refractivity contribution in [2.45, 2.75) is 38.2 Å². The highest BCUT2D eigenvalue weighted by molar-refractivity contribution is 5.29. The number of nitrogens with one attached hydrogen (secondary N) is 1. The van der Waals surface area contributed by atoms with Crippen LogP contribution in [-0.2, 0) is 0 Å². The maximum absolute atomic E-state index is 12.2. The van der Waals surface area contributed by atoms with E-state index in [4.69, 9.17) is 0 Å². The molecule has 1 N–H and O–H groups in total. The van der Waals surface area contributed by atoms with E-state index in [1.165, 1.54) is 18.6 Å². The van der Waals surface area contributed by atoms with Crippen LogP contribution in [0.3, 0.4) is 0 Å². The number of rotatable bonds is 3. The van der Waals surface area contributed by atoms with Gasteiger partial charge in [0.25, 0.3) is 0 Å². The number of ether oxygens (including phenoxy) is 1. The van der Waals surface area contributed by atoms with Crippen LogP contribution in [-0.4, -0.2) is 36.9 Å². The molecule has 0 amide bonds. The number of alkyl halides is 3. The first kappa shape index (κ1) is 15.6. The average Bonchev–Trinajstić information content (AvgIpc) is 2.93. The molecule has 0 aliphatic carbocycles. The zero-order valence-electron chi connectivity index (χ0n) is 12.6. The van der Waals surface area contributed by atoms with Gasteiger partial charge in [0, 0.05) is 25.2 Å². The first-order chi connectivity index (χ1) is 10.4. The van der Waals surface area contributed by atoms with E-state index >= 15 is 0 Å². The summed E-state index contributed by atoms with van der Waals surface area (Å²) in [5.74, 6) is 0.534. The molecule has 2 fully saturated rings. The molecule has 6 heteroatoms. The second-order valence-electron chi connectivity index (χ2n) is 6.19. The average molecular weight is 314 g/mol. The van der Waals surface area contributed by atoms with E-state index in [2.05, 4.69) is 21.9 Å². The Morgan fingerprint density at radius 1 is 1.23 bits per heavy atom. The Morgan fingerprint density at radius 3 is 2.64 bits per heavy atom. The molecule has 1 aromatic carbocycles. The Kier molecular flexibility index (Phi) is 4.32. The number of hydrogen-bond donors (Lipinski definition) is 1. The summed E-state index contributed by atoms with van der Waals surface area (Å²) in [4.78, 5) is 2.42. The lowest BCUT2D eigenvalue weighted by molar-refractivity contribution is -0.274. The zero-order chi connectivity index (χ0) is 15.7. The molecule has 2 aliphatic heterocycles. The van der Waals surface area contributed by atoms with Gasteiger partial charge in [0.2, 0.25) is 0 Å². The van der Waals surface area contributed by atoms with Crippen molar-refractivity contribution in [3.8, 4) is 5.75 Å². The fraction of sp³-hybridized carbons (Fsp3) is 0.625. The van der Waals surface area contributed by atoms with Gasteiger partial charge in [-0.2, -0.15) is 0 Å². The molecule has 2 saturated heterocycles. The molecule has 3 nitrogen and oxygen atoms in total. The van der Waals surface area contributed by atoms with Crippen molar-refractivity contribution < 1.29 is 17.9 Å². The highest BCUT2D eigenvalue weighted by Gasteiger charge is 2.34. The Balaban J connectivity index is 1.63. The van der Waals surface area contributed by atoms with Crippen LogP contribution in [0.15, 0.2) is 24.3 Å². The van der Waals surface area contributed by atoms with Gasteiger partial charge in [-0.25, -0.2) is 0 Å². The van der Waals surface area contributed by atoms with Gasteiger partial charge < -0.3 is 10.1 Å². The summed E-state index contributed by atoms with van der Waals surface area (Å²) in [6.45, 7) is 5.29. The quantitative estimate of drug-likeness (QED) is 0.926. The summed E-state index contributed by atoms with van der Waals surface area (Å²) in [6, 6.07) is 7.09. The molecule has 0 aromatic heterocycles. The number of piperidine rings is 1. The number of hydrogen-bond acceptors (Lipinski definition) is 3. The van der Waals surface area contributed by atoms with Crippen LogP contribution >= 0.6 is 0 Å². The number of likely N-dealkylation sites (tertiary alicyclic amines) is 1. The number of benzene rings is 1. The lowest BCUT2D eigenvalue weighted by Gasteiger charge is -2.38. The molecular weight excluding hydrogens is 293 g/mol. The van der Waals surface area contributed by atoms with Crippen molar-refractivity contribution in [1.82, 2.24) is 10.2 Å². The summed E-state index contributed by atoms with van der Waals surface area (Å²) in [7, 11) is 0. The summed E-state index contributed by atoms with van der Waals surface area (Å²) in [6.07, 6.45) is -2.28. The minimum Gasteiger partial charge on any atom is -0.406 e. The van der Waals surface area contributed by atoms with Crippen molar-refractivity contribution in [2.24, 2.45) is 5.92 Å². The van der Waals surface area contributed by atoms with Crippen LogP contribution in [0.2, 0.25) is 0 Å². The molecular formula is C16H21F3N2O. The predicted molar refractivity (Wildman–Crippen MR) is 77.6 cm³/mol. The zero-order valence-corrected chi connectivity index (χ0v) is 12.6. The lowest BCUT2D eigenvalue weighted by Crippen LogP contribution is -2.45. The fourth-order valence-corrected chi connectivity index (χ4v) is 3.59. The van der Waals surface area contributed by atoms with E-state index < -0.39 is 6.36 Å². The van der Waals surface area contributed by atoms with E-state index in [1.54, 1.807) is 12.1 Å². The Morgan fingerprint density at radius 2 is 1.95 bits per heavy atom. The minimum absolute atomic E-state index is 0.165. The van der Waals surface area contributed by atoms with Gasteiger partial charge >= 0.3 is 6.36 Å². The van der Waals surface area contributed by atoms with Gasteiger partial charge in [-0.15, -0.1) is 13.2 Å². The van der Waals surface area contributed by atoms with Gasteiger partial charge in [-0.1, -0.05) is 12.1 Å². The summed E-state index contributed by atoms with van der Waals surface area (Å²) in [5.41, 5.74) is 1.03. The molecule has 3 rings (SSSR count). The second-order valence-corrected chi connectivity index (χ2v) is 6.19. The third kappa shape index (κ3) is 3.55. The Bertz CT molecular complexity index is 503. The molecule has 22 heavy (non-hydrogen) atoms. The predicted octanol–water partition coefficient (Wildman–Crippen LogP) is 3.33. The highest BCUT2D eigenvalue weighted by atomic mass is 19.4. The van der Waals surface area contributed by atoms with Crippen molar-refractivity contribution in [1.29, 1.82) is 0 Å². The monoisotopic (exact) mass is 314 g/mol. The third-order valence-electron chi connectivity index (χ3n) is 4.83. The number of nitrogens with zero attached hydrogens (tertiary/aromatic N) is 1. The van der Waals surface area contributed by atoms with Crippen molar-refractivity contribution >= 4 is 0 Å². The van der Waals surface area contributed by atoms with E-state index in [-0.39, 0.29) is 11.8 Å². The van der Waals surface area contributed by atoms with Gasteiger partial charge in [0.15, 0.2) is 0 Å². The van der Waals surface area contributed by atoms with Crippen LogP contribution in [0.5, 0.6) is 5.75 Å². The number of halogens is 3. The second kappa shape index (κ2) is 6.08. The minimum atomic E-state index is -4.63. The van der Waals surface area contributed by atoms with E-state index in [0.717, 1.165) is 31.6 Å². The molecule has 2 aliphatic rings. The topological polar surface area (TPSA) is 24.5 Å². The van der Waals surface area contributed by atoms with Crippen LogP contribution in [0, 0.1) is 5.92 Å². The van der Waals surface area contributed by atoms with Gasteiger partial charge in [-0.3, -0.25) is 4.90 Å². The molecule has 0 bridgehead atoms. The molecule has 122 valence electrons. The van der Waals surface area contributed by atoms with Crippen LogP contribution in [0.4, 0.5) is 13.2 Å². The molecule has 0 saturated carbocycles. The summed E-state index contributed by atoms with van der Waals surface area (Å²) < 4.78 is 40.5. The highest BCUT2D eigenvalue weighted by Crippen LogP contribution is 2.31. The maximum Gasteiger partial charge on any atom is 0.573 e. The molecule has 1 aromatic rings. The summed E-state index contributed by atoms with van der Waals surface area (Å²) in [5, 5.41) is 3.54. The SMILES string of the molecule is CC(c1ccc(OC(F)(F)F)cc1)N1CCC2NCCC2C1. The van der Waals surface area contributed by atoms with Crippen molar-refractivity contribution in [2.75, 3.05) is 19.6 Å². The standard InChI is InChI=1S/C16H21F3N2O/c1-11(21-9-7-15-13(10-21)6-8-20-15)12-2-4-14(5-3-12)22-16(17,18)19/h2-5,11,13,15,20H,6-10H2,1H3. The maximum atomic E-state index is 12.2. The van der Waals surface area contributed by atoms with Crippen molar-refractivity contribution in [3.05, 3.63) is 29.8 Å². The molecule has 3 unspecified atom stereocenters. The number of fused-ring (bicyclic) bond motifs is 1. The molecule has 0 radical (unpaired) electrons. The van der Waals surface area contributed by atoms with Crippen LogP contribution in [0.25, 0.3) is 0 Å². The Hall–Kier alpha value is -1.27. The van der Waals surface area contributed by atoms with Crippen LogP contribution in [0.1, 0.15) is 31.4 Å². The smallest absolute Gasteiger partial charge is 0.406 e. The first-order valence-electron chi connectivity index (χ1n) is 7.75. The third-order valence-corrected chi connectivity index (χ3v) is 4.83. The molecule has 3 atom stereocenters. The largest absolute Gasteiger partial charge is 0.573 e. The van der Waals surface area contributed by atoms with Gasteiger partial charge in [0.05, 0.1) is 0 Å². The Labute approximate surface area is 128 Å². The molecule has 2 heterocycles. The normalized spacial score (nSPS) is 27.5.